The van der Waals surface area contributed by atoms with Crippen LogP contribution in [0.5, 0.6) is 0 Å². The Morgan fingerprint density at radius 1 is 0.842 bits per heavy atom. The molecule has 19 heavy (non-hydrogen) atoms. The van der Waals surface area contributed by atoms with E-state index in [2.05, 4.69) is 22.1 Å². The molecule has 1 N–H and O–H groups in total. The fraction of sp³-hybridized carbons (Fsp3) is 0.875. The molecule has 2 rings (SSSR count). The average molecular weight is 263 g/mol. The minimum atomic E-state index is 0.184. The minimum absolute atomic E-state index is 0.184. The topological polar surface area (TPSA) is 41.6 Å². The third-order valence-corrected chi connectivity index (χ3v) is 4.59. The van der Waals surface area contributed by atoms with Gasteiger partial charge in [-0.25, -0.2) is 4.98 Å². The van der Waals surface area contributed by atoms with Crippen molar-refractivity contribution in [3.05, 3.63) is 11.6 Å². The first-order valence-corrected chi connectivity index (χ1v) is 8.10. The predicted molar refractivity (Wildman–Crippen MR) is 79.3 cm³/mol. The van der Waals surface area contributed by atoms with Gasteiger partial charge >= 0.3 is 0 Å². The molecule has 0 amide bonds. The van der Waals surface area contributed by atoms with Crippen LogP contribution in [-0.4, -0.2) is 15.2 Å². The molecule has 0 spiro atoms. The Morgan fingerprint density at radius 3 is 1.74 bits per heavy atom. The minimum Gasteiger partial charge on any atom is -0.263 e. The SMILES string of the molecule is Cc1nc(C2(C)CCCCCCCCCCC2)n[nH]1. The molecule has 0 saturated heterocycles. The highest BCUT2D eigenvalue weighted by Crippen LogP contribution is 2.33. The zero-order valence-electron chi connectivity index (χ0n) is 12.7. The summed E-state index contributed by atoms with van der Waals surface area (Å²) in [7, 11) is 0. The molecule has 108 valence electrons. The van der Waals surface area contributed by atoms with Crippen LogP contribution >= 0.6 is 0 Å². The Hall–Kier alpha value is -0.860. The van der Waals surface area contributed by atoms with Crippen molar-refractivity contribution < 1.29 is 0 Å². The molecule has 1 aliphatic carbocycles. The Morgan fingerprint density at radius 2 is 1.32 bits per heavy atom. The highest BCUT2D eigenvalue weighted by atomic mass is 15.2. The first kappa shape index (κ1) is 14.5. The van der Waals surface area contributed by atoms with Gasteiger partial charge in [-0.15, -0.1) is 0 Å². The van der Waals surface area contributed by atoms with Crippen molar-refractivity contribution in [2.75, 3.05) is 0 Å². The van der Waals surface area contributed by atoms with E-state index in [1.54, 1.807) is 0 Å². The summed E-state index contributed by atoms with van der Waals surface area (Å²) >= 11 is 0. The lowest BCUT2D eigenvalue weighted by Gasteiger charge is -2.27. The van der Waals surface area contributed by atoms with Gasteiger partial charge in [0.05, 0.1) is 0 Å². The van der Waals surface area contributed by atoms with Gasteiger partial charge < -0.3 is 0 Å². The molecule has 1 aliphatic rings. The Labute approximate surface area is 117 Å². The predicted octanol–water partition coefficient (Wildman–Crippen LogP) is 4.68. The maximum Gasteiger partial charge on any atom is 0.156 e. The van der Waals surface area contributed by atoms with E-state index >= 15 is 0 Å². The van der Waals surface area contributed by atoms with Crippen LogP contribution in [0.15, 0.2) is 0 Å². The number of hydrogen-bond acceptors (Lipinski definition) is 2. The number of nitrogens with one attached hydrogen (secondary N) is 1. The summed E-state index contributed by atoms with van der Waals surface area (Å²) < 4.78 is 0. The van der Waals surface area contributed by atoms with Gasteiger partial charge in [0, 0.05) is 5.41 Å². The molecular weight excluding hydrogens is 234 g/mol. The monoisotopic (exact) mass is 263 g/mol. The molecule has 1 aromatic rings. The summed E-state index contributed by atoms with van der Waals surface area (Å²) in [5.41, 5.74) is 0.184. The number of aromatic amines is 1. The van der Waals surface area contributed by atoms with E-state index in [0.29, 0.717) is 0 Å². The lowest BCUT2D eigenvalue weighted by molar-refractivity contribution is 0.340. The highest BCUT2D eigenvalue weighted by molar-refractivity contribution is 5.05. The molecule has 0 aliphatic heterocycles. The van der Waals surface area contributed by atoms with Crippen molar-refractivity contribution in [2.24, 2.45) is 0 Å². The van der Waals surface area contributed by atoms with E-state index in [9.17, 15) is 0 Å². The highest BCUT2D eigenvalue weighted by Gasteiger charge is 2.29. The van der Waals surface area contributed by atoms with Crippen LogP contribution in [0, 0.1) is 6.92 Å². The van der Waals surface area contributed by atoms with Gasteiger partial charge in [-0.1, -0.05) is 64.7 Å². The van der Waals surface area contributed by atoms with Crippen molar-refractivity contribution in [1.82, 2.24) is 15.2 Å². The average Bonchev–Trinajstić information content (AvgIpc) is 2.81. The molecule has 3 nitrogen and oxygen atoms in total. The summed E-state index contributed by atoms with van der Waals surface area (Å²) in [6.45, 7) is 4.36. The molecule has 1 fully saturated rings. The Bertz CT molecular complexity index is 358. The summed E-state index contributed by atoms with van der Waals surface area (Å²) in [6.07, 6.45) is 15.0. The molecule has 0 unspecified atom stereocenters. The van der Waals surface area contributed by atoms with Crippen LogP contribution in [0.3, 0.4) is 0 Å². The molecule has 0 atom stereocenters. The first-order chi connectivity index (χ1) is 9.21. The summed E-state index contributed by atoms with van der Waals surface area (Å²) in [5.74, 6) is 1.99. The van der Waals surface area contributed by atoms with Crippen molar-refractivity contribution in [1.29, 1.82) is 0 Å². The number of H-pyrrole nitrogens is 1. The summed E-state index contributed by atoms with van der Waals surface area (Å²) in [6, 6.07) is 0. The summed E-state index contributed by atoms with van der Waals surface area (Å²) in [4.78, 5) is 4.61. The third kappa shape index (κ3) is 4.32. The molecule has 0 bridgehead atoms. The molecule has 0 radical (unpaired) electrons. The van der Waals surface area contributed by atoms with E-state index in [1.807, 2.05) is 6.92 Å². The van der Waals surface area contributed by atoms with Crippen molar-refractivity contribution in [2.45, 2.75) is 89.9 Å². The largest absolute Gasteiger partial charge is 0.263 e. The Kier molecular flexibility index (Phi) is 5.41. The number of nitrogens with zero attached hydrogens (tertiary/aromatic N) is 2. The van der Waals surface area contributed by atoms with E-state index in [4.69, 9.17) is 0 Å². The Balaban J connectivity index is 2.01. The van der Waals surface area contributed by atoms with Crippen molar-refractivity contribution >= 4 is 0 Å². The van der Waals surface area contributed by atoms with Crippen molar-refractivity contribution in [3.8, 4) is 0 Å². The van der Waals surface area contributed by atoms with Gasteiger partial charge in [0.1, 0.15) is 5.82 Å². The molecule has 3 heteroatoms. The first-order valence-electron chi connectivity index (χ1n) is 8.10. The second-order valence-corrected chi connectivity index (χ2v) is 6.49. The quantitative estimate of drug-likeness (QED) is 0.799. The van der Waals surface area contributed by atoms with Crippen LogP contribution < -0.4 is 0 Å². The summed E-state index contributed by atoms with van der Waals surface area (Å²) in [5, 5.41) is 7.46. The van der Waals surface area contributed by atoms with Gasteiger partial charge in [-0.2, -0.15) is 5.10 Å². The molecule has 1 aromatic heterocycles. The molecule has 0 aromatic carbocycles. The zero-order valence-corrected chi connectivity index (χ0v) is 12.7. The third-order valence-electron chi connectivity index (χ3n) is 4.59. The van der Waals surface area contributed by atoms with E-state index in [-0.39, 0.29) is 5.41 Å². The van der Waals surface area contributed by atoms with Crippen LogP contribution in [0.25, 0.3) is 0 Å². The zero-order chi connectivity index (χ0) is 13.6. The van der Waals surface area contributed by atoms with E-state index < -0.39 is 0 Å². The van der Waals surface area contributed by atoms with Gasteiger partial charge in [0.15, 0.2) is 5.82 Å². The van der Waals surface area contributed by atoms with Crippen LogP contribution in [-0.2, 0) is 5.41 Å². The number of rotatable bonds is 1. The normalized spacial score (nSPS) is 22.4. The van der Waals surface area contributed by atoms with Crippen molar-refractivity contribution in [3.63, 3.8) is 0 Å². The van der Waals surface area contributed by atoms with E-state index in [1.165, 1.54) is 70.6 Å². The van der Waals surface area contributed by atoms with Crippen LogP contribution in [0.4, 0.5) is 0 Å². The standard InChI is InChI=1S/C16H29N3/c1-14-17-15(19-18-14)16(2)12-10-8-6-4-3-5-7-9-11-13-16/h3-13H2,1-2H3,(H,17,18,19). The number of hydrogen-bond donors (Lipinski definition) is 1. The second-order valence-electron chi connectivity index (χ2n) is 6.49. The van der Waals surface area contributed by atoms with Gasteiger partial charge in [0.25, 0.3) is 0 Å². The smallest absolute Gasteiger partial charge is 0.156 e. The molecule has 1 saturated carbocycles. The molecule has 1 heterocycles. The van der Waals surface area contributed by atoms with Gasteiger partial charge in [-0.3, -0.25) is 5.10 Å². The lowest BCUT2D eigenvalue weighted by atomic mass is 9.78. The maximum atomic E-state index is 4.61. The fourth-order valence-electron chi connectivity index (χ4n) is 3.23. The number of aryl methyl sites for hydroxylation is 1. The van der Waals surface area contributed by atoms with Crippen LogP contribution in [0.2, 0.25) is 0 Å². The maximum absolute atomic E-state index is 4.61. The van der Waals surface area contributed by atoms with Gasteiger partial charge in [0.2, 0.25) is 0 Å². The van der Waals surface area contributed by atoms with Gasteiger partial charge in [-0.05, 0) is 19.8 Å². The van der Waals surface area contributed by atoms with E-state index in [0.717, 1.165) is 11.6 Å². The fourth-order valence-corrected chi connectivity index (χ4v) is 3.23. The lowest BCUT2D eigenvalue weighted by Crippen LogP contribution is -2.24. The molecular formula is C16H29N3. The van der Waals surface area contributed by atoms with Crippen LogP contribution in [0.1, 0.15) is 89.2 Å². The number of aromatic nitrogens is 3. The second kappa shape index (κ2) is 7.06.